The Morgan fingerprint density at radius 1 is 1.40 bits per heavy atom. The van der Waals surface area contributed by atoms with Crippen molar-refractivity contribution in [2.45, 2.75) is 58.1 Å². The number of anilines is 1. The van der Waals surface area contributed by atoms with E-state index in [1.54, 1.807) is 0 Å². The first-order chi connectivity index (χ1) is 9.50. The van der Waals surface area contributed by atoms with Crippen LogP contribution in [-0.4, -0.2) is 28.7 Å². The van der Waals surface area contributed by atoms with E-state index in [4.69, 9.17) is 16.3 Å². The third-order valence-corrected chi connectivity index (χ3v) is 4.72. The van der Waals surface area contributed by atoms with Gasteiger partial charge in [0.05, 0.1) is 6.10 Å². The number of ether oxygens (including phenoxy) is 1. The molecule has 1 heterocycles. The predicted octanol–water partition coefficient (Wildman–Crippen LogP) is 3.62. The van der Waals surface area contributed by atoms with Crippen LogP contribution in [0.1, 0.15) is 51.8 Å². The normalized spacial score (nSPS) is 28.0. The second-order valence-electron chi connectivity index (χ2n) is 6.41. The van der Waals surface area contributed by atoms with Gasteiger partial charge in [0.2, 0.25) is 0 Å². The number of hydrogen-bond donors (Lipinski definition) is 1. The van der Waals surface area contributed by atoms with Gasteiger partial charge in [-0.3, -0.25) is 0 Å². The minimum absolute atomic E-state index is 0.118. The third kappa shape index (κ3) is 2.63. The van der Waals surface area contributed by atoms with Crippen LogP contribution < -0.4 is 5.32 Å². The van der Waals surface area contributed by atoms with Gasteiger partial charge in [0, 0.05) is 30.0 Å². The van der Waals surface area contributed by atoms with Crippen LogP contribution in [0.3, 0.4) is 0 Å². The Balaban J connectivity index is 1.69. The summed E-state index contributed by atoms with van der Waals surface area (Å²) in [5.41, 5.74) is 0.118. The van der Waals surface area contributed by atoms with Crippen LogP contribution >= 0.6 is 11.6 Å². The standard InChI is InChI=1S/C15H22ClN3O/c1-4-20-11-7-10(15(11,2)3)17-13-8-12(16)18-14(19-13)9-5-6-9/h8-11H,4-7H2,1-3H3,(H,17,18,19). The Kier molecular flexibility index (Phi) is 3.63. The van der Waals surface area contributed by atoms with Gasteiger partial charge < -0.3 is 10.1 Å². The van der Waals surface area contributed by atoms with Crippen LogP contribution in [0.15, 0.2) is 6.07 Å². The maximum Gasteiger partial charge on any atom is 0.135 e. The van der Waals surface area contributed by atoms with Crippen molar-refractivity contribution in [3.63, 3.8) is 0 Å². The third-order valence-electron chi connectivity index (χ3n) is 4.52. The molecule has 0 aromatic carbocycles. The minimum atomic E-state index is 0.118. The number of halogens is 1. The van der Waals surface area contributed by atoms with E-state index in [2.05, 4.69) is 29.1 Å². The summed E-state index contributed by atoms with van der Waals surface area (Å²) >= 11 is 6.10. The summed E-state index contributed by atoms with van der Waals surface area (Å²) in [6, 6.07) is 2.19. The SMILES string of the molecule is CCOC1CC(Nc2cc(Cl)nc(C3CC3)n2)C1(C)C. The molecule has 2 saturated carbocycles. The zero-order valence-corrected chi connectivity index (χ0v) is 13.1. The van der Waals surface area contributed by atoms with Crippen molar-refractivity contribution in [1.29, 1.82) is 0 Å². The molecule has 0 aliphatic heterocycles. The average Bonchev–Trinajstić information content (AvgIpc) is 3.21. The molecule has 1 aromatic heterocycles. The maximum absolute atomic E-state index is 6.10. The number of nitrogens with zero attached hydrogens (tertiary/aromatic N) is 2. The molecule has 5 heteroatoms. The largest absolute Gasteiger partial charge is 0.378 e. The summed E-state index contributed by atoms with van der Waals surface area (Å²) in [6.45, 7) is 7.28. The molecule has 0 amide bonds. The molecule has 2 unspecified atom stereocenters. The summed E-state index contributed by atoms with van der Waals surface area (Å²) in [6.07, 6.45) is 3.70. The van der Waals surface area contributed by atoms with E-state index in [1.165, 1.54) is 12.8 Å². The van der Waals surface area contributed by atoms with E-state index in [1.807, 2.05) is 13.0 Å². The molecule has 2 fully saturated rings. The number of hydrogen-bond acceptors (Lipinski definition) is 4. The summed E-state index contributed by atoms with van der Waals surface area (Å²) in [7, 11) is 0. The van der Waals surface area contributed by atoms with Crippen molar-refractivity contribution in [2.24, 2.45) is 5.41 Å². The molecule has 20 heavy (non-hydrogen) atoms. The lowest BCUT2D eigenvalue weighted by atomic mass is 9.64. The predicted molar refractivity (Wildman–Crippen MR) is 80.2 cm³/mol. The van der Waals surface area contributed by atoms with Crippen molar-refractivity contribution < 1.29 is 4.74 Å². The Hall–Kier alpha value is -0.870. The first-order valence-corrected chi connectivity index (χ1v) is 7.81. The van der Waals surface area contributed by atoms with Gasteiger partial charge in [0.1, 0.15) is 16.8 Å². The molecule has 4 nitrogen and oxygen atoms in total. The Morgan fingerprint density at radius 2 is 2.15 bits per heavy atom. The molecule has 1 aromatic rings. The van der Waals surface area contributed by atoms with Crippen molar-refractivity contribution in [3.05, 3.63) is 17.0 Å². The van der Waals surface area contributed by atoms with Gasteiger partial charge in [-0.15, -0.1) is 0 Å². The second kappa shape index (κ2) is 5.15. The van der Waals surface area contributed by atoms with Crippen LogP contribution in [0.4, 0.5) is 5.82 Å². The minimum Gasteiger partial charge on any atom is -0.378 e. The van der Waals surface area contributed by atoms with E-state index < -0.39 is 0 Å². The van der Waals surface area contributed by atoms with Crippen molar-refractivity contribution >= 4 is 17.4 Å². The zero-order valence-electron chi connectivity index (χ0n) is 12.3. The van der Waals surface area contributed by atoms with Crippen molar-refractivity contribution in [1.82, 2.24) is 9.97 Å². The molecule has 2 aliphatic carbocycles. The van der Waals surface area contributed by atoms with Crippen molar-refractivity contribution in [3.8, 4) is 0 Å². The van der Waals surface area contributed by atoms with Gasteiger partial charge in [-0.1, -0.05) is 25.4 Å². The smallest absolute Gasteiger partial charge is 0.135 e. The fourth-order valence-corrected chi connectivity index (χ4v) is 3.02. The molecular weight excluding hydrogens is 274 g/mol. The Labute approximate surface area is 125 Å². The quantitative estimate of drug-likeness (QED) is 0.843. The lowest BCUT2D eigenvalue weighted by Crippen LogP contribution is -2.58. The topological polar surface area (TPSA) is 47.0 Å². The fraction of sp³-hybridized carbons (Fsp3) is 0.733. The van der Waals surface area contributed by atoms with Gasteiger partial charge in [-0.25, -0.2) is 9.97 Å². The van der Waals surface area contributed by atoms with Crippen molar-refractivity contribution in [2.75, 3.05) is 11.9 Å². The first kappa shape index (κ1) is 14.1. The highest BCUT2D eigenvalue weighted by atomic mass is 35.5. The number of nitrogens with one attached hydrogen (secondary N) is 1. The highest BCUT2D eigenvalue weighted by Crippen LogP contribution is 2.44. The monoisotopic (exact) mass is 295 g/mol. The molecule has 1 N–H and O–H groups in total. The van der Waals surface area contributed by atoms with Crippen LogP contribution in [0.2, 0.25) is 5.15 Å². The second-order valence-corrected chi connectivity index (χ2v) is 6.79. The van der Waals surface area contributed by atoms with Gasteiger partial charge in [-0.2, -0.15) is 0 Å². The molecule has 110 valence electrons. The van der Waals surface area contributed by atoms with Crippen LogP contribution in [0, 0.1) is 5.41 Å². The highest BCUT2D eigenvalue weighted by molar-refractivity contribution is 6.29. The first-order valence-electron chi connectivity index (χ1n) is 7.43. The Bertz CT molecular complexity index is 502. The fourth-order valence-electron chi connectivity index (χ4n) is 2.83. The maximum atomic E-state index is 6.10. The number of aromatic nitrogens is 2. The average molecular weight is 296 g/mol. The van der Waals surface area contributed by atoms with E-state index in [0.717, 1.165) is 24.7 Å². The van der Waals surface area contributed by atoms with Gasteiger partial charge in [-0.05, 0) is 26.2 Å². The molecule has 0 spiro atoms. The summed E-state index contributed by atoms with van der Waals surface area (Å²) in [4.78, 5) is 8.92. The van der Waals surface area contributed by atoms with E-state index in [0.29, 0.717) is 23.2 Å². The van der Waals surface area contributed by atoms with Crippen LogP contribution in [-0.2, 0) is 4.74 Å². The molecule has 0 saturated heterocycles. The molecule has 0 radical (unpaired) electrons. The Morgan fingerprint density at radius 3 is 2.75 bits per heavy atom. The lowest BCUT2D eigenvalue weighted by molar-refractivity contribution is -0.0976. The van der Waals surface area contributed by atoms with Crippen LogP contribution in [0.25, 0.3) is 0 Å². The van der Waals surface area contributed by atoms with E-state index in [9.17, 15) is 0 Å². The number of rotatable bonds is 5. The molecule has 0 bridgehead atoms. The summed E-state index contributed by atoms with van der Waals surface area (Å²) in [5, 5.41) is 4.04. The van der Waals surface area contributed by atoms with Gasteiger partial charge >= 0.3 is 0 Å². The van der Waals surface area contributed by atoms with Gasteiger partial charge in [0.25, 0.3) is 0 Å². The molecule has 3 rings (SSSR count). The molecule has 2 aliphatic rings. The summed E-state index contributed by atoms with van der Waals surface area (Å²) in [5.74, 6) is 2.25. The molecular formula is C15H22ClN3O. The van der Waals surface area contributed by atoms with E-state index in [-0.39, 0.29) is 5.41 Å². The van der Waals surface area contributed by atoms with Crippen LogP contribution in [0.5, 0.6) is 0 Å². The summed E-state index contributed by atoms with van der Waals surface area (Å²) < 4.78 is 5.76. The van der Waals surface area contributed by atoms with E-state index >= 15 is 0 Å². The molecule has 2 atom stereocenters. The highest BCUT2D eigenvalue weighted by Gasteiger charge is 2.49. The van der Waals surface area contributed by atoms with Gasteiger partial charge in [0.15, 0.2) is 0 Å². The zero-order chi connectivity index (χ0) is 14.3. The lowest BCUT2D eigenvalue weighted by Gasteiger charge is -2.51.